The molecule has 4 rings (SSSR count). The first-order valence-corrected chi connectivity index (χ1v) is 12.3. The first-order valence-electron chi connectivity index (χ1n) is 12.3. The van der Waals surface area contributed by atoms with Crippen molar-refractivity contribution >= 4 is 5.91 Å². The Kier molecular flexibility index (Phi) is 7.81. The Morgan fingerprint density at radius 3 is 2.40 bits per heavy atom. The summed E-state index contributed by atoms with van der Waals surface area (Å²) >= 11 is 0. The SMILES string of the molecule is CC(C)N1CCN([C@H]2CCCC(F)(F)[C@@H]2NC(=O)Cc2ccc(F)c(-c3ccccc3)c2F)CC1. The van der Waals surface area contributed by atoms with Crippen LogP contribution in [0.5, 0.6) is 0 Å². The molecule has 0 radical (unpaired) electrons. The summed E-state index contributed by atoms with van der Waals surface area (Å²) in [5.41, 5.74) is 0.105. The average molecular weight is 492 g/mol. The van der Waals surface area contributed by atoms with Crippen LogP contribution in [0.3, 0.4) is 0 Å². The van der Waals surface area contributed by atoms with Crippen molar-refractivity contribution in [3.63, 3.8) is 0 Å². The number of amides is 1. The fourth-order valence-electron chi connectivity index (χ4n) is 5.33. The van der Waals surface area contributed by atoms with Crippen LogP contribution < -0.4 is 5.32 Å². The second-order valence-corrected chi connectivity index (χ2v) is 9.87. The van der Waals surface area contributed by atoms with Crippen molar-refractivity contribution in [1.29, 1.82) is 0 Å². The molecule has 2 atom stereocenters. The van der Waals surface area contributed by atoms with E-state index in [1.54, 1.807) is 30.3 Å². The molecule has 0 spiro atoms. The lowest BCUT2D eigenvalue weighted by Crippen LogP contribution is -2.64. The maximum atomic E-state index is 15.2. The molecule has 1 aliphatic carbocycles. The number of piperazine rings is 1. The lowest BCUT2D eigenvalue weighted by atomic mass is 9.85. The fourth-order valence-corrected chi connectivity index (χ4v) is 5.33. The summed E-state index contributed by atoms with van der Waals surface area (Å²) in [6.45, 7) is 7.15. The standard InChI is InChI=1S/C27H33F4N3O/c1-18(2)33-13-15-34(16-14-33)22-9-6-12-27(30,31)26(22)32-23(35)17-20-10-11-21(28)24(25(20)29)19-7-4-3-5-8-19/h3-5,7-8,10-11,18,22,26H,6,9,12-17H2,1-2H3,(H,32,35)/t22-,26+/m0/s1. The summed E-state index contributed by atoms with van der Waals surface area (Å²) < 4.78 is 59.7. The lowest BCUT2D eigenvalue weighted by molar-refractivity contribution is -0.133. The maximum absolute atomic E-state index is 15.2. The molecular formula is C27H33F4N3O. The van der Waals surface area contributed by atoms with Crippen molar-refractivity contribution in [2.24, 2.45) is 0 Å². The number of carbonyl (C=O) groups excluding carboxylic acids is 1. The Hall–Kier alpha value is -2.45. The van der Waals surface area contributed by atoms with Gasteiger partial charge in [-0.05, 0) is 43.9 Å². The molecule has 1 aliphatic heterocycles. The summed E-state index contributed by atoms with van der Waals surface area (Å²) in [7, 11) is 0. The van der Waals surface area contributed by atoms with E-state index in [1.165, 1.54) is 6.07 Å². The molecule has 4 nitrogen and oxygen atoms in total. The van der Waals surface area contributed by atoms with Crippen molar-refractivity contribution in [3.8, 4) is 11.1 Å². The molecule has 1 amide bonds. The highest BCUT2D eigenvalue weighted by Crippen LogP contribution is 2.37. The van der Waals surface area contributed by atoms with Gasteiger partial charge in [0.25, 0.3) is 5.92 Å². The normalized spacial score (nSPS) is 23.4. The second-order valence-electron chi connectivity index (χ2n) is 9.87. The maximum Gasteiger partial charge on any atom is 0.269 e. The summed E-state index contributed by atoms with van der Waals surface area (Å²) in [4.78, 5) is 17.3. The Morgan fingerprint density at radius 2 is 1.74 bits per heavy atom. The van der Waals surface area contributed by atoms with Gasteiger partial charge in [-0.15, -0.1) is 0 Å². The number of rotatable bonds is 6. The van der Waals surface area contributed by atoms with Crippen LogP contribution in [-0.4, -0.2) is 65.9 Å². The number of benzene rings is 2. The number of halogens is 4. The second kappa shape index (κ2) is 10.7. The minimum atomic E-state index is -3.05. The van der Waals surface area contributed by atoms with Crippen LogP contribution >= 0.6 is 0 Å². The zero-order valence-electron chi connectivity index (χ0n) is 20.2. The van der Waals surface area contributed by atoms with E-state index in [2.05, 4.69) is 29.0 Å². The van der Waals surface area contributed by atoms with Gasteiger partial charge in [0.1, 0.15) is 17.7 Å². The largest absolute Gasteiger partial charge is 0.345 e. The molecule has 1 saturated carbocycles. The molecule has 1 heterocycles. The molecule has 0 unspecified atom stereocenters. The highest BCUT2D eigenvalue weighted by atomic mass is 19.3. The number of hydrogen-bond acceptors (Lipinski definition) is 3. The molecule has 1 saturated heterocycles. The molecule has 8 heteroatoms. The van der Waals surface area contributed by atoms with Gasteiger partial charge in [-0.3, -0.25) is 14.6 Å². The van der Waals surface area contributed by atoms with E-state index < -0.39 is 42.0 Å². The van der Waals surface area contributed by atoms with Crippen LogP contribution in [-0.2, 0) is 11.2 Å². The molecule has 0 aromatic heterocycles. The van der Waals surface area contributed by atoms with Gasteiger partial charge in [0.05, 0.1) is 12.0 Å². The van der Waals surface area contributed by atoms with Gasteiger partial charge in [0.2, 0.25) is 5.91 Å². The van der Waals surface area contributed by atoms with Crippen LogP contribution in [0.4, 0.5) is 17.6 Å². The molecule has 190 valence electrons. The van der Waals surface area contributed by atoms with Crippen molar-refractivity contribution < 1.29 is 22.4 Å². The Labute approximate surface area is 204 Å². The Bertz CT molecular complexity index is 1020. The summed E-state index contributed by atoms with van der Waals surface area (Å²) in [6.07, 6.45) is 0.239. The number of nitrogens with zero attached hydrogens (tertiary/aromatic N) is 2. The molecule has 1 N–H and O–H groups in total. The molecule has 2 aliphatic rings. The molecule has 2 aromatic carbocycles. The van der Waals surface area contributed by atoms with Crippen molar-refractivity contribution in [2.45, 2.75) is 63.6 Å². The summed E-state index contributed by atoms with van der Waals surface area (Å²) in [6, 6.07) is 9.13. The third-order valence-electron chi connectivity index (χ3n) is 7.30. The highest BCUT2D eigenvalue weighted by Gasteiger charge is 2.49. The van der Waals surface area contributed by atoms with E-state index in [4.69, 9.17) is 0 Å². The molecular weight excluding hydrogens is 458 g/mol. The van der Waals surface area contributed by atoms with Crippen LogP contribution in [0.2, 0.25) is 0 Å². The third kappa shape index (κ3) is 5.70. The van der Waals surface area contributed by atoms with E-state index in [-0.39, 0.29) is 17.5 Å². The van der Waals surface area contributed by atoms with Crippen molar-refractivity contribution in [1.82, 2.24) is 15.1 Å². The number of nitrogens with one attached hydrogen (secondary N) is 1. The topological polar surface area (TPSA) is 35.6 Å². The third-order valence-corrected chi connectivity index (χ3v) is 7.30. The van der Waals surface area contributed by atoms with Crippen molar-refractivity contribution in [3.05, 3.63) is 59.7 Å². The zero-order valence-corrected chi connectivity index (χ0v) is 20.2. The van der Waals surface area contributed by atoms with Gasteiger partial charge < -0.3 is 5.32 Å². The monoisotopic (exact) mass is 491 g/mol. The van der Waals surface area contributed by atoms with E-state index >= 15 is 13.2 Å². The van der Waals surface area contributed by atoms with Gasteiger partial charge in [0, 0.05) is 44.7 Å². The molecule has 0 bridgehead atoms. The van der Waals surface area contributed by atoms with Crippen molar-refractivity contribution in [2.75, 3.05) is 26.2 Å². The first-order chi connectivity index (χ1) is 16.7. The van der Waals surface area contributed by atoms with Crippen LogP contribution in [0.25, 0.3) is 11.1 Å². The predicted octanol–water partition coefficient (Wildman–Crippen LogP) is 4.87. The number of carbonyl (C=O) groups is 1. The van der Waals surface area contributed by atoms with Gasteiger partial charge in [0.15, 0.2) is 0 Å². The van der Waals surface area contributed by atoms with E-state index in [0.29, 0.717) is 37.5 Å². The molecule has 35 heavy (non-hydrogen) atoms. The van der Waals surface area contributed by atoms with Crippen LogP contribution in [0.1, 0.15) is 38.7 Å². The van der Waals surface area contributed by atoms with Gasteiger partial charge >= 0.3 is 0 Å². The van der Waals surface area contributed by atoms with Gasteiger partial charge in [-0.2, -0.15) is 0 Å². The van der Waals surface area contributed by atoms with Crippen LogP contribution in [0.15, 0.2) is 42.5 Å². The fraction of sp³-hybridized carbons (Fsp3) is 0.519. The van der Waals surface area contributed by atoms with E-state index in [1.807, 2.05) is 0 Å². The number of alkyl halides is 2. The first kappa shape index (κ1) is 25.6. The predicted molar refractivity (Wildman–Crippen MR) is 128 cm³/mol. The van der Waals surface area contributed by atoms with Gasteiger partial charge in [-0.25, -0.2) is 17.6 Å². The molecule has 2 aromatic rings. The van der Waals surface area contributed by atoms with Crippen LogP contribution in [0, 0.1) is 11.6 Å². The Balaban J connectivity index is 1.50. The lowest BCUT2D eigenvalue weighted by Gasteiger charge is -2.47. The van der Waals surface area contributed by atoms with E-state index in [0.717, 1.165) is 19.2 Å². The minimum absolute atomic E-state index is 0.0241. The minimum Gasteiger partial charge on any atom is -0.345 e. The average Bonchev–Trinajstić information content (AvgIpc) is 2.83. The highest BCUT2D eigenvalue weighted by molar-refractivity contribution is 5.80. The summed E-state index contributed by atoms with van der Waals surface area (Å²) in [5.74, 6) is -5.32. The molecule has 2 fully saturated rings. The number of hydrogen-bond donors (Lipinski definition) is 1. The Morgan fingerprint density at radius 1 is 1.06 bits per heavy atom. The van der Waals surface area contributed by atoms with E-state index in [9.17, 15) is 9.18 Å². The summed E-state index contributed by atoms with van der Waals surface area (Å²) in [5, 5.41) is 2.54. The smallest absolute Gasteiger partial charge is 0.269 e. The quantitative estimate of drug-likeness (QED) is 0.586. The van der Waals surface area contributed by atoms with Gasteiger partial charge in [-0.1, -0.05) is 36.4 Å². The zero-order chi connectivity index (χ0) is 25.2.